The van der Waals surface area contributed by atoms with Gasteiger partial charge >= 0.3 is 5.97 Å². The summed E-state index contributed by atoms with van der Waals surface area (Å²) in [6.07, 6.45) is -1.03. The second kappa shape index (κ2) is 8.13. The lowest BCUT2D eigenvalue weighted by Gasteiger charge is -2.30. The van der Waals surface area contributed by atoms with Gasteiger partial charge < -0.3 is 14.0 Å². The fraction of sp³-hybridized carbons (Fsp3) is 0.389. The number of fused-ring (bicyclic) bond motifs is 1. The van der Waals surface area contributed by atoms with Gasteiger partial charge in [0.2, 0.25) is 0 Å². The molecule has 7 nitrogen and oxygen atoms in total. The van der Waals surface area contributed by atoms with Crippen molar-refractivity contribution >= 4 is 26.9 Å². The van der Waals surface area contributed by atoms with E-state index in [0.717, 1.165) is 10.8 Å². The minimum Gasteiger partial charge on any atom is -0.748 e. The van der Waals surface area contributed by atoms with E-state index in [4.69, 9.17) is 9.47 Å². The molecule has 140 valence electrons. The normalized spacial score (nSPS) is 17.1. The molecule has 0 amide bonds. The molecule has 3 rings (SSSR count). The summed E-state index contributed by atoms with van der Waals surface area (Å²) < 4.78 is 44.3. The number of hydrogen-bond donors (Lipinski definition) is 0. The molecule has 0 saturated carbocycles. The maximum Gasteiger partial charge on any atom is 0.339 e. The van der Waals surface area contributed by atoms with E-state index in [0.29, 0.717) is 31.9 Å². The summed E-state index contributed by atoms with van der Waals surface area (Å²) in [6.45, 7) is 2.42. The Hall–Kier alpha value is -2.00. The SMILES string of the molecule is O=C(OC(CN1CCOCC1)CS(=O)(=O)[O-])c1cccc2ccccc12. The number of morpholine rings is 1. The Balaban J connectivity index is 1.79. The van der Waals surface area contributed by atoms with Gasteiger partial charge in [0.05, 0.1) is 34.6 Å². The average Bonchev–Trinajstić information content (AvgIpc) is 2.60. The van der Waals surface area contributed by atoms with Gasteiger partial charge in [0, 0.05) is 19.6 Å². The summed E-state index contributed by atoms with van der Waals surface area (Å²) in [6, 6.07) is 12.6. The number of benzene rings is 2. The number of nitrogens with zero attached hydrogens (tertiary/aromatic N) is 1. The van der Waals surface area contributed by atoms with Crippen molar-refractivity contribution in [3.8, 4) is 0 Å². The summed E-state index contributed by atoms with van der Waals surface area (Å²) in [5.41, 5.74) is 0.346. The second-order valence-corrected chi connectivity index (χ2v) is 7.64. The predicted molar refractivity (Wildman–Crippen MR) is 95.0 cm³/mol. The van der Waals surface area contributed by atoms with E-state index in [1.807, 2.05) is 29.2 Å². The summed E-state index contributed by atoms with van der Waals surface area (Å²) in [7, 11) is -4.53. The van der Waals surface area contributed by atoms with E-state index < -0.39 is 27.9 Å². The zero-order valence-electron chi connectivity index (χ0n) is 14.2. The number of ether oxygens (including phenoxy) is 2. The number of esters is 1. The Morgan fingerprint density at radius 3 is 2.58 bits per heavy atom. The molecular weight excluding hydrogens is 358 g/mol. The first-order valence-electron chi connectivity index (χ1n) is 8.35. The maximum absolute atomic E-state index is 12.6. The van der Waals surface area contributed by atoms with E-state index in [2.05, 4.69) is 0 Å². The molecule has 1 aliphatic rings. The largest absolute Gasteiger partial charge is 0.748 e. The Kier molecular flexibility index (Phi) is 5.87. The number of carbonyl (C=O) groups excluding carboxylic acids is 1. The quantitative estimate of drug-likeness (QED) is 0.551. The molecule has 1 fully saturated rings. The van der Waals surface area contributed by atoms with Gasteiger partial charge in [-0.1, -0.05) is 36.4 Å². The number of hydrogen-bond acceptors (Lipinski definition) is 7. The van der Waals surface area contributed by atoms with Crippen molar-refractivity contribution < 1.29 is 27.2 Å². The molecule has 8 heteroatoms. The van der Waals surface area contributed by atoms with Crippen LogP contribution in [-0.4, -0.2) is 68.5 Å². The van der Waals surface area contributed by atoms with Crippen LogP contribution in [0.2, 0.25) is 0 Å². The third-order valence-electron chi connectivity index (χ3n) is 4.24. The summed E-state index contributed by atoms with van der Waals surface area (Å²) in [5.74, 6) is -1.38. The fourth-order valence-electron chi connectivity index (χ4n) is 3.04. The molecule has 1 atom stereocenters. The summed E-state index contributed by atoms with van der Waals surface area (Å²) in [5, 5.41) is 1.60. The fourth-order valence-corrected chi connectivity index (χ4v) is 3.67. The van der Waals surface area contributed by atoms with Crippen LogP contribution in [0.5, 0.6) is 0 Å². The van der Waals surface area contributed by atoms with Gasteiger partial charge in [-0.2, -0.15) is 0 Å². The van der Waals surface area contributed by atoms with Gasteiger partial charge in [0.25, 0.3) is 0 Å². The third-order valence-corrected chi connectivity index (χ3v) is 5.02. The lowest BCUT2D eigenvalue weighted by atomic mass is 10.0. The van der Waals surface area contributed by atoms with Crippen LogP contribution in [0.15, 0.2) is 42.5 Å². The lowest BCUT2D eigenvalue weighted by Crippen LogP contribution is -2.44. The standard InChI is InChI=1S/C18H21NO6S/c20-18(17-7-3-5-14-4-1-2-6-16(14)17)25-15(13-26(21,22)23)12-19-8-10-24-11-9-19/h1-7,15H,8-13H2,(H,21,22,23)/p-1. The molecule has 0 N–H and O–H groups in total. The first kappa shape index (κ1) is 18.8. The van der Waals surface area contributed by atoms with Crippen molar-refractivity contribution in [2.75, 3.05) is 38.6 Å². The van der Waals surface area contributed by atoms with E-state index in [1.165, 1.54) is 0 Å². The molecule has 1 aliphatic heterocycles. The summed E-state index contributed by atoms with van der Waals surface area (Å²) in [4.78, 5) is 14.6. The zero-order valence-corrected chi connectivity index (χ0v) is 15.0. The van der Waals surface area contributed by atoms with Gasteiger partial charge in [-0.3, -0.25) is 4.90 Å². The van der Waals surface area contributed by atoms with Gasteiger partial charge in [-0.05, 0) is 16.8 Å². The Morgan fingerprint density at radius 1 is 1.15 bits per heavy atom. The highest BCUT2D eigenvalue weighted by Crippen LogP contribution is 2.20. The first-order valence-corrected chi connectivity index (χ1v) is 9.92. The van der Waals surface area contributed by atoms with Crippen LogP contribution in [0.4, 0.5) is 0 Å². The van der Waals surface area contributed by atoms with Crippen LogP contribution in [0, 0.1) is 0 Å². The molecule has 0 aromatic heterocycles. The van der Waals surface area contributed by atoms with Crippen LogP contribution in [0.25, 0.3) is 10.8 Å². The Bertz CT molecular complexity index is 871. The minimum atomic E-state index is -4.53. The van der Waals surface area contributed by atoms with Crippen molar-refractivity contribution in [2.45, 2.75) is 6.10 Å². The van der Waals surface area contributed by atoms with Gasteiger partial charge in [0.1, 0.15) is 6.10 Å². The topological polar surface area (TPSA) is 96.0 Å². The smallest absolute Gasteiger partial charge is 0.339 e. The van der Waals surface area contributed by atoms with Crippen molar-refractivity contribution in [3.63, 3.8) is 0 Å². The highest BCUT2D eigenvalue weighted by atomic mass is 32.2. The van der Waals surface area contributed by atoms with Gasteiger partial charge in [-0.25, -0.2) is 13.2 Å². The van der Waals surface area contributed by atoms with Crippen LogP contribution in [-0.2, 0) is 19.6 Å². The molecule has 2 aromatic carbocycles. The number of rotatable bonds is 6. The van der Waals surface area contributed by atoms with Crippen LogP contribution >= 0.6 is 0 Å². The van der Waals surface area contributed by atoms with Gasteiger partial charge in [0.15, 0.2) is 0 Å². The third kappa shape index (κ3) is 5.01. The van der Waals surface area contributed by atoms with Crippen molar-refractivity contribution in [2.24, 2.45) is 0 Å². The highest BCUT2D eigenvalue weighted by molar-refractivity contribution is 7.85. The van der Waals surface area contributed by atoms with Crippen molar-refractivity contribution in [1.29, 1.82) is 0 Å². The van der Waals surface area contributed by atoms with E-state index in [-0.39, 0.29) is 6.54 Å². The maximum atomic E-state index is 12.6. The van der Waals surface area contributed by atoms with Crippen LogP contribution in [0.3, 0.4) is 0 Å². The Morgan fingerprint density at radius 2 is 1.85 bits per heavy atom. The van der Waals surface area contributed by atoms with E-state index in [1.54, 1.807) is 18.2 Å². The van der Waals surface area contributed by atoms with E-state index in [9.17, 15) is 17.8 Å². The van der Waals surface area contributed by atoms with Gasteiger partial charge in [-0.15, -0.1) is 0 Å². The monoisotopic (exact) mass is 378 g/mol. The second-order valence-electron chi connectivity index (χ2n) is 6.19. The molecule has 0 aliphatic carbocycles. The lowest BCUT2D eigenvalue weighted by molar-refractivity contribution is 0.00104. The molecule has 2 aromatic rings. The highest BCUT2D eigenvalue weighted by Gasteiger charge is 2.23. The van der Waals surface area contributed by atoms with Crippen molar-refractivity contribution in [3.05, 3.63) is 48.0 Å². The molecular formula is C18H20NO6S-. The number of carbonyl (C=O) groups is 1. The minimum absolute atomic E-state index is 0.182. The van der Waals surface area contributed by atoms with Crippen molar-refractivity contribution in [1.82, 2.24) is 4.90 Å². The average molecular weight is 378 g/mol. The van der Waals surface area contributed by atoms with Crippen LogP contribution in [0.1, 0.15) is 10.4 Å². The molecule has 1 heterocycles. The molecule has 26 heavy (non-hydrogen) atoms. The van der Waals surface area contributed by atoms with E-state index >= 15 is 0 Å². The predicted octanol–water partition coefficient (Wildman–Crippen LogP) is 1.24. The first-order chi connectivity index (χ1) is 12.4. The molecule has 0 radical (unpaired) electrons. The molecule has 0 spiro atoms. The van der Waals surface area contributed by atoms with Crippen LogP contribution < -0.4 is 0 Å². The Labute approximate surface area is 152 Å². The molecule has 1 saturated heterocycles. The zero-order chi connectivity index (χ0) is 18.6. The molecule has 0 bridgehead atoms. The molecule has 1 unspecified atom stereocenters. The summed E-state index contributed by atoms with van der Waals surface area (Å²) >= 11 is 0.